The van der Waals surface area contributed by atoms with Gasteiger partial charge in [0.25, 0.3) is 0 Å². The van der Waals surface area contributed by atoms with Gasteiger partial charge >= 0.3 is 5.97 Å². The van der Waals surface area contributed by atoms with Crippen LogP contribution in [0.2, 0.25) is 0 Å². The van der Waals surface area contributed by atoms with E-state index in [4.69, 9.17) is 0 Å². The van der Waals surface area contributed by atoms with Gasteiger partial charge in [0.2, 0.25) is 0 Å². The van der Waals surface area contributed by atoms with Crippen LogP contribution in [0.1, 0.15) is 19.8 Å². The van der Waals surface area contributed by atoms with Crippen LogP contribution in [-0.4, -0.2) is 38.6 Å². The number of esters is 1. The van der Waals surface area contributed by atoms with Crippen LogP contribution in [0.4, 0.5) is 0 Å². The lowest BCUT2D eigenvalue weighted by Crippen LogP contribution is -2.16. The van der Waals surface area contributed by atoms with Gasteiger partial charge in [-0.25, -0.2) is 4.79 Å². The number of carbonyl (C=O) groups is 1. The van der Waals surface area contributed by atoms with Crippen molar-refractivity contribution in [2.45, 2.75) is 19.8 Å². The van der Waals surface area contributed by atoms with Crippen molar-refractivity contribution in [2.75, 3.05) is 27.7 Å². The molecule has 0 aliphatic heterocycles. The van der Waals surface area contributed by atoms with Gasteiger partial charge in [-0.2, -0.15) is 0 Å². The molecule has 0 unspecified atom stereocenters. The molecule has 0 spiro atoms. The van der Waals surface area contributed by atoms with Crippen molar-refractivity contribution in [3.63, 3.8) is 0 Å². The Morgan fingerprint density at radius 3 is 2.36 bits per heavy atom. The molecule has 0 rings (SSSR count). The Morgan fingerprint density at radius 2 is 2.00 bits per heavy atom. The van der Waals surface area contributed by atoms with Gasteiger partial charge in [0, 0.05) is 12.1 Å². The minimum atomic E-state index is -0.205. The SMILES string of the molecule is CCC=C(CCN(C)C)C(=O)OC.N. The molecule has 0 bridgehead atoms. The van der Waals surface area contributed by atoms with E-state index < -0.39 is 0 Å². The van der Waals surface area contributed by atoms with E-state index >= 15 is 0 Å². The van der Waals surface area contributed by atoms with Crippen LogP contribution in [0.5, 0.6) is 0 Å². The molecule has 3 N–H and O–H groups in total. The second kappa shape index (κ2) is 8.72. The van der Waals surface area contributed by atoms with E-state index in [1.54, 1.807) is 0 Å². The van der Waals surface area contributed by atoms with Crippen molar-refractivity contribution in [2.24, 2.45) is 0 Å². The lowest BCUT2D eigenvalue weighted by atomic mass is 10.1. The first kappa shape index (κ1) is 15.6. The Bertz CT molecular complexity index is 189. The van der Waals surface area contributed by atoms with Gasteiger partial charge < -0.3 is 15.8 Å². The highest BCUT2D eigenvalue weighted by Gasteiger charge is 2.08. The van der Waals surface area contributed by atoms with Crippen molar-refractivity contribution in [1.82, 2.24) is 11.1 Å². The molecule has 0 radical (unpaired) electrons. The highest BCUT2D eigenvalue weighted by molar-refractivity contribution is 5.88. The van der Waals surface area contributed by atoms with Crippen LogP contribution < -0.4 is 6.15 Å². The van der Waals surface area contributed by atoms with Crippen LogP contribution >= 0.6 is 0 Å². The van der Waals surface area contributed by atoms with E-state index in [2.05, 4.69) is 4.74 Å². The Labute approximate surface area is 86.5 Å². The quantitative estimate of drug-likeness (QED) is 0.543. The molecule has 0 atom stereocenters. The van der Waals surface area contributed by atoms with Crippen LogP contribution in [0.25, 0.3) is 0 Å². The largest absolute Gasteiger partial charge is 0.466 e. The van der Waals surface area contributed by atoms with Crippen LogP contribution in [0, 0.1) is 0 Å². The molecular weight excluding hydrogens is 180 g/mol. The molecule has 4 nitrogen and oxygen atoms in total. The maximum atomic E-state index is 11.2. The summed E-state index contributed by atoms with van der Waals surface area (Å²) in [5.74, 6) is -0.205. The summed E-state index contributed by atoms with van der Waals surface area (Å²) in [5, 5.41) is 0. The summed E-state index contributed by atoms with van der Waals surface area (Å²) in [6.07, 6.45) is 3.56. The molecule has 0 amide bonds. The lowest BCUT2D eigenvalue weighted by molar-refractivity contribution is -0.136. The summed E-state index contributed by atoms with van der Waals surface area (Å²) in [4.78, 5) is 13.3. The Kier molecular flexibility index (Phi) is 9.71. The average Bonchev–Trinajstić information content (AvgIpc) is 2.10. The molecule has 0 aliphatic rings. The predicted molar refractivity (Wildman–Crippen MR) is 58.6 cm³/mol. The predicted octanol–water partition coefficient (Wildman–Crippen LogP) is 1.61. The van der Waals surface area contributed by atoms with E-state index in [9.17, 15) is 4.79 Å². The first-order valence-corrected chi connectivity index (χ1v) is 4.53. The summed E-state index contributed by atoms with van der Waals surface area (Å²) in [7, 11) is 5.39. The second-order valence-electron chi connectivity index (χ2n) is 3.18. The van der Waals surface area contributed by atoms with Gasteiger partial charge in [-0.1, -0.05) is 13.0 Å². The number of methoxy groups -OCH3 is 1. The number of nitrogens with zero attached hydrogens (tertiary/aromatic N) is 1. The third-order valence-electron chi connectivity index (χ3n) is 1.73. The molecule has 0 aromatic rings. The van der Waals surface area contributed by atoms with Gasteiger partial charge in [0.05, 0.1) is 7.11 Å². The van der Waals surface area contributed by atoms with Crippen LogP contribution in [0.3, 0.4) is 0 Å². The van der Waals surface area contributed by atoms with Gasteiger partial charge in [0.15, 0.2) is 0 Å². The van der Waals surface area contributed by atoms with E-state index in [-0.39, 0.29) is 12.1 Å². The Morgan fingerprint density at radius 1 is 1.43 bits per heavy atom. The summed E-state index contributed by atoms with van der Waals surface area (Å²) < 4.78 is 4.67. The van der Waals surface area contributed by atoms with Crippen LogP contribution in [-0.2, 0) is 9.53 Å². The van der Waals surface area contributed by atoms with Crippen molar-refractivity contribution >= 4 is 5.97 Å². The van der Waals surface area contributed by atoms with Gasteiger partial charge in [-0.15, -0.1) is 0 Å². The number of allylic oxidation sites excluding steroid dienone is 1. The maximum absolute atomic E-state index is 11.2. The van der Waals surface area contributed by atoms with E-state index in [0.29, 0.717) is 0 Å². The lowest BCUT2D eigenvalue weighted by Gasteiger charge is -2.10. The Balaban J connectivity index is 0. The molecule has 4 heteroatoms. The minimum absolute atomic E-state index is 0. The van der Waals surface area contributed by atoms with Gasteiger partial charge in [-0.3, -0.25) is 0 Å². The molecule has 0 heterocycles. The molecule has 0 fully saturated rings. The normalized spacial score (nSPS) is 11.1. The Hall–Kier alpha value is -0.870. The fourth-order valence-electron chi connectivity index (χ4n) is 1.01. The van der Waals surface area contributed by atoms with Crippen molar-refractivity contribution in [1.29, 1.82) is 0 Å². The first-order chi connectivity index (χ1) is 6.11. The standard InChI is InChI=1S/C10H19NO2.H3N/c1-5-6-9(10(12)13-4)7-8-11(2)3;/h6H,5,7-8H2,1-4H3;1H3. The van der Waals surface area contributed by atoms with Gasteiger partial charge in [-0.05, 0) is 26.9 Å². The molecular formula is C10H22N2O2. The summed E-state index contributed by atoms with van der Waals surface area (Å²) in [5.41, 5.74) is 0.777. The van der Waals surface area contributed by atoms with Gasteiger partial charge in [0.1, 0.15) is 0 Å². The van der Waals surface area contributed by atoms with Crippen molar-refractivity contribution in [3.05, 3.63) is 11.6 Å². The summed E-state index contributed by atoms with van der Waals surface area (Å²) in [6, 6.07) is 0. The number of hydrogen-bond donors (Lipinski definition) is 1. The third kappa shape index (κ3) is 6.62. The number of hydrogen-bond acceptors (Lipinski definition) is 4. The topological polar surface area (TPSA) is 64.5 Å². The molecule has 0 saturated heterocycles. The second-order valence-corrected chi connectivity index (χ2v) is 3.18. The van der Waals surface area contributed by atoms with Crippen molar-refractivity contribution < 1.29 is 9.53 Å². The summed E-state index contributed by atoms with van der Waals surface area (Å²) >= 11 is 0. The number of ether oxygens (including phenoxy) is 1. The zero-order valence-corrected chi connectivity index (χ0v) is 9.67. The van der Waals surface area contributed by atoms with Crippen LogP contribution in [0.15, 0.2) is 11.6 Å². The molecule has 84 valence electrons. The fraction of sp³-hybridized carbons (Fsp3) is 0.700. The molecule has 14 heavy (non-hydrogen) atoms. The highest BCUT2D eigenvalue weighted by Crippen LogP contribution is 2.05. The molecule has 0 aromatic heterocycles. The highest BCUT2D eigenvalue weighted by atomic mass is 16.5. The maximum Gasteiger partial charge on any atom is 0.333 e. The first-order valence-electron chi connectivity index (χ1n) is 4.53. The van der Waals surface area contributed by atoms with E-state index in [1.165, 1.54) is 7.11 Å². The fourth-order valence-corrected chi connectivity index (χ4v) is 1.01. The third-order valence-corrected chi connectivity index (χ3v) is 1.73. The smallest absolute Gasteiger partial charge is 0.333 e. The monoisotopic (exact) mass is 202 g/mol. The molecule has 0 aromatic carbocycles. The summed E-state index contributed by atoms with van der Waals surface area (Å²) in [6.45, 7) is 2.89. The van der Waals surface area contributed by atoms with E-state index in [1.807, 2.05) is 32.0 Å². The molecule has 0 saturated carbocycles. The number of carbonyl (C=O) groups excluding carboxylic acids is 1. The zero-order chi connectivity index (χ0) is 10.3. The van der Waals surface area contributed by atoms with Crippen molar-refractivity contribution in [3.8, 4) is 0 Å². The minimum Gasteiger partial charge on any atom is -0.466 e. The zero-order valence-electron chi connectivity index (χ0n) is 9.67. The van der Waals surface area contributed by atoms with E-state index in [0.717, 1.165) is 25.0 Å². The average molecular weight is 202 g/mol. The number of rotatable bonds is 5. The molecule has 0 aliphatic carbocycles.